The highest BCUT2D eigenvalue weighted by atomic mass is 16.5. The van der Waals surface area contributed by atoms with Crippen LogP contribution in [-0.4, -0.2) is 21.0 Å². The SMILES string of the molecule is Cc1ccc2cc(-c3noc(CCC(=O)Nc4ccc(C)c(C)c4)n3)c(=O)[nH]c2c1. The molecule has 2 heterocycles. The van der Waals surface area contributed by atoms with Crippen molar-refractivity contribution >= 4 is 22.5 Å². The number of anilines is 1. The van der Waals surface area contributed by atoms with Crippen LogP contribution in [0.15, 0.2) is 51.8 Å². The van der Waals surface area contributed by atoms with E-state index in [1.807, 2.05) is 57.2 Å². The smallest absolute Gasteiger partial charge is 0.259 e. The van der Waals surface area contributed by atoms with Crippen LogP contribution in [0.4, 0.5) is 5.69 Å². The highest BCUT2D eigenvalue weighted by Gasteiger charge is 2.14. The average Bonchev–Trinajstić information content (AvgIpc) is 3.17. The van der Waals surface area contributed by atoms with E-state index in [-0.39, 0.29) is 30.1 Å². The maximum atomic E-state index is 12.4. The van der Waals surface area contributed by atoms with Gasteiger partial charge in [-0.3, -0.25) is 9.59 Å². The molecule has 0 fully saturated rings. The lowest BCUT2D eigenvalue weighted by Crippen LogP contribution is -2.12. The molecule has 7 nitrogen and oxygen atoms in total. The molecule has 0 saturated carbocycles. The molecule has 7 heteroatoms. The molecule has 0 radical (unpaired) electrons. The molecule has 0 aliphatic carbocycles. The molecule has 0 aliphatic rings. The van der Waals surface area contributed by atoms with Crippen LogP contribution in [0.1, 0.15) is 29.0 Å². The summed E-state index contributed by atoms with van der Waals surface area (Å²) in [6.07, 6.45) is 0.482. The molecule has 2 N–H and O–H groups in total. The van der Waals surface area contributed by atoms with Crippen molar-refractivity contribution in [2.24, 2.45) is 0 Å². The fourth-order valence-electron chi connectivity index (χ4n) is 3.21. The Balaban J connectivity index is 1.45. The number of amides is 1. The maximum absolute atomic E-state index is 12.4. The van der Waals surface area contributed by atoms with Gasteiger partial charge in [-0.1, -0.05) is 23.4 Å². The van der Waals surface area contributed by atoms with Crippen LogP contribution >= 0.6 is 0 Å². The summed E-state index contributed by atoms with van der Waals surface area (Å²) < 4.78 is 5.25. The predicted octanol–water partition coefficient (Wildman–Crippen LogP) is 4.07. The van der Waals surface area contributed by atoms with Gasteiger partial charge in [-0.2, -0.15) is 4.98 Å². The lowest BCUT2D eigenvalue weighted by Gasteiger charge is -2.06. The summed E-state index contributed by atoms with van der Waals surface area (Å²) in [5.41, 5.74) is 4.92. The fourth-order valence-corrected chi connectivity index (χ4v) is 3.21. The van der Waals surface area contributed by atoms with Gasteiger partial charge in [0, 0.05) is 24.0 Å². The van der Waals surface area contributed by atoms with Gasteiger partial charge < -0.3 is 14.8 Å². The molecule has 0 bridgehead atoms. The summed E-state index contributed by atoms with van der Waals surface area (Å²) in [7, 11) is 0. The monoisotopic (exact) mass is 402 g/mol. The molecule has 0 saturated heterocycles. The third kappa shape index (κ3) is 4.15. The topological polar surface area (TPSA) is 101 Å². The van der Waals surface area contributed by atoms with Crippen LogP contribution < -0.4 is 10.9 Å². The average molecular weight is 402 g/mol. The van der Waals surface area contributed by atoms with E-state index in [4.69, 9.17) is 4.52 Å². The molecule has 0 spiro atoms. The molecule has 0 atom stereocenters. The zero-order valence-electron chi connectivity index (χ0n) is 17.1. The molecule has 1 amide bonds. The number of H-pyrrole nitrogens is 1. The summed E-state index contributed by atoms with van der Waals surface area (Å²) in [5.74, 6) is 0.379. The number of pyridine rings is 1. The Bertz CT molecular complexity index is 1300. The van der Waals surface area contributed by atoms with E-state index < -0.39 is 0 Å². The van der Waals surface area contributed by atoms with Crippen molar-refractivity contribution in [1.82, 2.24) is 15.1 Å². The van der Waals surface area contributed by atoms with Gasteiger partial charge in [-0.05, 0) is 67.1 Å². The summed E-state index contributed by atoms with van der Waals surface area (Å²) in [4.78, 5) is 31.8. The second-order valence-electron chi connectivity index (χ2n) is 7.46. The summed E-state index contributed by atoms with van der Waals surface area (Å²) in [6, 6.07) is 13.3. The minimum absolute atomic E-state index is 0.142. The van der Waals surface area contributed by atoms with Gasteiger partial charge in [-0.15, -0.1) is 0 Å². The van der Waals surface area contributed by atoms with E-state index in [0.29, 0.717) is 11.5 Å². The van der Waals surface area contributed by atoms with Crippen molar-refractivity contribution in [3.63, 3.8) is 0 Å². The Kier molecular flexibility index (Phi) is 5.18. The number of carbonyl (C=O) groups excluding carboxylic acids is 1. The molecule has 30 heavy (non-hydrogen) atoms. The Morgan fingerprint density at radius 1 is 1.07 bits per heavy atom. The van der Waals surface area contributed by atoms with Crippen LogP contribution in [0.25, 0.3) is 22.3 Å². The van der Waals surface area contributed by atoms with E-state index in [0.717, 1.165) is 27.7 Å². The molecular weight excluding hydrogens is 380 g/mol. The minimum Gasteiger partial charge on any atom is -0.339 e. The molecule has 0 aliphatic heterocycles. The van der Waals surface area contributed by atoms with Crippen LogP contribution in [-0.2, 0) is 11.2 Å². The first-order chi connectivity index (χ1) is 14.4. The van der Waals surface area contributed by atoms with Gasteiger partial charge >= 0.3 is 0 Å². The molecule has 2 aromatic heterocycles. The van der Waals surface area contributed by atoms with Crippen LogP contribution in [0.5, 0.6) is 0 Å². The van der Waals surface area contributed by atoms with Gasteiger partial charge in [0.2, 0.25) is 17.6 Å². The number of benzene rings is 2. The van der Waals surface area contributed by atoms with Crippen molar-refractivity contribution in [1.29, 1.82) is 0 Å². The molecular formula is C23H22N4O3. The van der Waals surface area contributed by atoms with Crippen molar-refractivity contribution in [2.75, 3.05) is 5.32 Å². The number of hydrogen-bond donors (Lipinski definition) is 2. The second kappa shape index (κ2) is 7.94. The standard InChI is InChI=1S/C23H22N4O3/c1-13-4-6-16-12-18(23(29)25-19(16)10-13)22-26-21(30-27-22)9-8-20(28)24-17-7-5-14(2)15(3)11-17/h4-7,10-12H,8-9H2,1-3H3,(H,24,28)(H,25,29). The first-order valence-corrected chi connectivity index (χ1v) is 9.73. The first-order valence-electron chi connectivity index (χ1n) is 9.73. The number of hydrogen-bond acceptors (Lipinski definition) is 5. The van der Waals surface area contributed by atoms with Crippen molar-refractivity contribution in [2.45, 2.75) is 33.6 Å². The second-order valence-corrected chi connectivity index (χ2v) is 7.46. The van der Waals surface area contributed by atoms with E-state index in [1.165, 1.54) is 5.56 Å². The fraction of sp³-hybridized carbons (Fsp3) is 0.217. The van der Waals surface area contributed by atoms with Gasteiger partial charge in [0.05, 0.1) is 5.56 Å². The Morgan fingerprint density at radius 3 is 2.70 bits per heavy atom. The van der Waals surface area contributed by atoms with E-state index >= 15 is 0 Å². The number of nitrogens with one attached hydrogen (secondary N) is 2. The Hall–Kier alpha value is -3.74. The third-order valence-corrected chi connectivity index (χ3v) is 5.07. The number of aryl methyl sites for hydroxylation is 4. The number of aromatic nitrogens is 3. The normalized spacial score (nSPS) is 11.0. The van der Waals surface area contributed by atoms with Gasteiger partial charge in [0.15, 0.2) is 0 Å². The van der Waals surface area contributed by atoms with E-state index in [2.05, 4.69) is 20.4 Å². The van der Waals surface area contributed by atoms with E-state index in [9.17, 15) is 9.59 Å². The van der Waals surface area contributed by atoms with E-state index in [1.54, 1.807) is 6.07 Å². The molecule has 2 aromatic carbocycles. The maximum Gasteiger partial charge on any atom is 0.259 e. The zero-order chi connectivity index (χ0) is 21.3. The van der Waals surface area contributed by atoms with Crippen molar-refractivity contribution in [3.05, 3.63) is 75.4 Å². The Morgan fingerprint density at radius 2 is 1.90 bits per heavy atom. The largest absolute Gasteiger partial charge is 0.339 e. The predicted molar refractivity (Wildman–Crippen MR) is 115 cm³/mol. The van der Waals surface area contributed by atoms with Gasteiger partial charge in [0.1, 0.15) is 0 Å². The highest BCUT2D eigenvalue weighted by Crippen LogP contribution is 2.19. The first kappa shape index (κ1) is 19.6. The molecule has 0 unspecified atom stereocenters. The lowest BCUT2D eigenvalue weighted by molar-refractivity contribution is -0.116. The summed E-state index contributed by atoms with van der Waals surface area (Å²) >= 11 is 0. The van der Waals surface area contributed by atoms with Crippen LogP contribution in [0, 0.1) is 20.8 Å². The molecule has 4 aromatic rings. The molecule has 152 valence electrons. The van der Waals surface area contributed by atoms with Crippen molar-refractivity contribution < 1.29 is 9.32 Å². The highest BCUT2D eigenvalue weighted by molar-refractivity contribution is 5.91. The number of nitrogens with zero attached hydrogens (tertiary/aromatic N) is 2. The van der Waals surface area contributed by atoms with Crippen LogP contribution in [0.2, 0.25) is 0 Å². The lowest BCUT2D eigenvalue weighted by atomic mass is 10.1. The van der Waals surface area contributed by atoms with Gasteiger partial charge in [-0.25, -0.2) is 0 Å². The summed E-state index contributed by atoms with van der Waals surface area (Å²) in [6.45, 7) is 5.99. The van der Waals surface area contributed by atoms with Crippen LogP contribution in [0.3, 0.4) is 0 Å². The van der Waals surface area contributed by atoms with Crippen molar-refractivity contribution in [3.8, 4) is 11.4 Å². The molecule has 4 rings (SSSR count). The number of rotatable bonds is 5. The minimum atomic E-state index is -0.284. The number of fused-ring (bicyclic) bond motifs is 1. The zero-order valence-corrected chi connectivity index (χ0v) is 17.1. The number of carbonyl (C=O) groups is 1. The number of aromatic amines is 1. The third-order valence-electron chi connectivity index (χ3n) is 5.07. The quantitative estimate of drug-likeness (QED) is 0.524. The Labute approximate surface area is 173 Å². The van der Waals surface area contributed by atoms with Gasteiger partial charge in [0.25, 0.3) is 5.56 Å². The summed E-state index contributed by atoms with van der Waals surface area (Å²) in [5, 5.41) is 7.67.